The fourth-order valence-electron chi connectivity index (χ4n) is 5.52. The zero-order chi connectivity index (χ0) is 25.0. The van der Waals surface area contributed by atoms with E-state index in [1.807, 2.05) is 6.66 Å². The molecule has 0 atom stereocenters. The third-order valence-electron chi connectivity index (χ3n) is 8.05. The van der Waals surface area contributed by atoms with Gasteiger partial charge in [0, 0.05) is 0 Å². The molecule has 0 fully saturated rings. The molecule has 4 rings (SSSR count). The van der Waals surface area contributed by atoms with Crippen molar-refractivity contribution in [1.82, 2.24) is 0 Å². The quantitative estimate of drug-likeness (QED) is 0.259. The van der Waals surface area contributed by atoms with Gasteiger partial charge >= 0.3 is 214 Å². The predicted molar refractivity (Wildman–Crippen MR) is 174 cm³/mol. The number of hydrogen-bond donors (Lipinski definition) is 0. The molecule has 0 heterocycles. The van der Waals surface area contributed by atoms with Crippen LogP contribution in [0.25, 0.3) is 11.1 Å². The summed E-state index contributed by atoms with van der Waals surface area (Å²) in [7, 11) is -2.76. The average Bonchev–Trinajstić information content (AvgIpc) is 3.41. The van der Waals surface area contributed by atoms with Gasteiger partial charge in [-0.2, -0.15) is 0 Å². The number of allylic oxidation sites excluding steroid dienone is 8. The van der Waals surface area contributed by atoms with Crippen molar-refractivity contribution in [2.24, 2.45) is 0 Å². The maximum atomic E-state index is 2.74. The normalized spacial score (nSPS) is 16.9. The summed E-state index contributed by atoms with van der Waals surface area (Å²) in [5.41, 5.74) is 5.97. The fourth-order valence-corrected chi connectivity index (χ4v) is 29.0. The monoisotopic (exact) mass is 738 g/mol. The first-order valence-electron chi connectivity index (χ1n) is 12.7. The molecule has 194 valence electrons. The van der Waals surface area contributed by atoms with Gasteiger partial charge in [0.15, 0.2) is 0 Å². The molecule has 0 saturated heterocycles. The van der Waals surface area contributed by atoms with Crippen LogP contribution >= 0.6 is 24.8 Å². The molecule has 2 aliphatic rings. The van der Waals surface area contributed by atoms with Crippen LogP contribution < -0.4 is 0 Å². The first-order valence-corrected chi connectivity index (χ1v) is 38.9. The summed E-state index contributed by atoms with van der Waals surface area (Å²) in [5.74, 6) is 0. The number of hydrogen-bond acceptors (Lipinski definition) is 0. The van der Waals surface area contributed by atoms with Crippen molar-refractivity contribution in [2.45, 2.75) is 61.5 Å². The van der Waals surface area contributed by atoms with Gasteiger partial charge in [-0.15, -0.1) is 24.8 Å². The second-order valence-electron chi connectivity index (χ2n) is 13.4. The first kappa shape index (κ1) is 31.7. The molecule has 0 saturated carbocycles. The van der Waals surface area contributed by atoms with Crippen LogP contribution in [0.2, 0.25) is 48.6 Å². The van der Waals surface area contributed by atoms with Crippen molar-refractivity contribution >= 4 is 59.0 Å². The molecule has 0 N–H and O–H groups in total. The Balaban J connectivity index is 0.00000228. The molecular formula is C30H44Cl2HfSi3. The van der Waals surface area contributed by atoms with E-state index in [0.717, 1.165) is 0 Å². The molecule has 36 heavy (non-hydrogen) atoms. The minimum Gasteiger partial charge on any atom is -0.147 e. The molecule has 0 spiro atoms. The molecule has 0 bridgehead atoms. The van der Waals surface area contributed by atoms with Crippen molar-refractivity contribution in [3.8, 4) is 0 Å². The molecule has 0 radical (unpaired) electrons. The molecule has 6 heteroatoms. The molecule has 0 aromatic heterocycles. The van der Waals surface area contributed by atoms with Crippen LogP contribution in [0.3, 0.4) is 0 Å². The van der Waals surface area contributed by atoms with E-state index < -0.39 is 33.3 Å². The van der Waals surface area contributed by atoms with Crippen molar-refractivity contribution in [3.05, 3.63) is 101 Å². The summed E-state index contributed by atoms with van der Waals surface area (Å²) in [6.45, 7) is 17.6. The van der Waals surface area contributed by atoms with Gasteiger partial charge < -0.3 is 0 Å². The Morgan fingerprint density at radius 3 is 1.17 bits per heavy atom. The smallest absolute Gasteiger partial charge is 0.147 e. The Morgan fingerprint density at radius 1 is 0.583 bits per heavy atom. The van der Waals surface area contributed by atoms with E-state index in [2.05, 4.69) is 128 Å². The molecule has 2 aromatic carbocycles. The molecule has 0 unspecified atom stereocenters. The SMILES string of the molecule is C[Si](C)(C)C1=CC(c2ccccc2)=[C]([Hf]([CH3])([CH3])(=[SiH2])[C]2=C(c3ccccc3)C=C([Si](C)(C)C)C2)C1.Cl.Cl. The number of benzene rings is 2. The third-order valence-corrected chi connectivity index (χ3v) is 36.6. The van der Waals surface area contributed by atoms with E-state index in [0.29, 0.717) is 0 Å². The van der Waals surface area contributed by atoms with Gasteiger partial charge in [0.05, 0.1) is 0 Å². The van der Waals surface area contributed by atoms with Gasteiger partial charge in [-0.25, -0.2) is 0 Å². The Labute approximate surface area is 236 Å². The summed E-state index contributed by atoms with van der Waals surface area (Å²) in [5, 5.41) is 3.47. The van der Waals surface area contributed by atoms with E-state index in [-0.39, 0.29) is 24.8 Å². The van der Waals surface area contributed by atoms with Gasteiger partial charge in [0.2, 0.25) is 0 Å². The molecule has 2 aromatic rings. The molecule has 2 aliphatic carbocycles. The topological polar surface area (TPSA) is 0 Å². The van der Waals surface area contributed by atoms with Crippen LogP contribution in [0, 0.1) is 0 Å². The Bertz CT molecular complexity index is 1220. The second kappa shape index (κ2) is 10.9. The summed E-state index contributed by atoms with van der Waals surface area (Å²) >= 11 is -3.64. The minimum absolute atomic E-state index is 0. The van der Waals surface area contributed by atoms with Crippen LogP contribution in [0.15, 0.2) is 89.9 Å². The Kier molecular flexibility index (Phi) is 9.64. The van der Waals surface area contributed by atoms with Crippen molar-refractivity contribution in [1.29, 1.82) is 0 Å². The van der Waals surface area contributed by atoms with Crippen LogP contribution in [0.1, 0.15) is 24.0 Å². The molecule has 0 amide bonds. The van der Waals surface area contributed by atoms with Crippen molar-refractivity contribution in [3.63, 3.8) is 0 Å². The maximum Gasteiger partial charge on any atom is -0.147 e. The van der Waals surface area contributed by atoms with Gasteiger partial charge in [-0.1, -0.05) is 0 Å². The molecular weight excluding hydrogens is 694 g/mol. The van der Waals surface area contributed by atoms with Gasteiger partial charge in [0.25, 0.3) is 0 Å². The summed E-state index contributed by atoms with van der Waals surface area (Å²) in [6.07, 6.45) is 7.66. The van der Waals surface area contributed by atoms with Crippen molar-refractivity contribution in [2.75, 3.05) is 0 Å². The van der Waals surface area contributed by atoms with E-state index in [1.54, 1.807) is 21.5 Å². The Hall–Kier alpha value is -0.499. The van der Waals surface area contributed by atoms with Crippen LogP contribution in [0.5, 0.6) is 0 Å². The van der Waals surface area contributed by atoms with Crippen LogP contribution in [-0.2, 0) is 17.1 Å². The summed E-state index contributed by atoms with van der Waals surface area (Å²) in [4.78, 5) is 0. The summed E-state index contributed by atoms with van der Waals surface area (Å²) in [6, 6.07) is 22.5. The predicted octanol–water partition coefficient (Wildman–Crippen LogP) is 9.40. The van der Waals surface area contributed by atoms with Gasteiger partial charge in [-0.3, -0.25) is 0 Å². The summed E-state index contributed by atoms with van der Waals surface area (Å²) < 4.78 is 9.14. The van der Waals surface area contributed by atoms with E-state index in [1.165, 1.54) is 24.0 Å². The number of rotatable bonds is 6. The van der Waals surface area contributed by atoms with E-state index in [9.17, 15) is 0 Å². The maximum absolute atomic E-state index is 3.64. The fraction of sp³-hybridized carbons (Fsp3) is 0.333. The number of halogens is 2. The zero-order valence-electron chi connectivity index (χ0n) is 23.4. The minimum atomic E-state index is -3.64. The molecule has 0 aliphatic heterocycles. The second-order valence-corrected chi connectivity index (χ2v) is 64.7. The van der Waals surface area contributed by atoms with Crippen LogP contribution in [0.4, 0.5) is 0 Å². The average molecular weight is 738 g/mol. The van der Waals surface area contributed by atoms with Gasteiger partial charge in [0.1, 0.15) is 0 Å². The first-order chi connectivity index (χ1) is 15.7. The Morgan fingerprint density at radius 2 is 0.889 bits per heavy atom. The van der Waals surface area contributed by atoms with E-state index >= 15 is 0 Å². The van der Waals surface area contributed by atoms with Crippen molar-refractivity contribution < 1.29 is 17.1 Å². The largest absolute Gasteiger partial charge is 0.147 e. The standard InChI is InChI=1S/2C14H17Si.2CH3.2ClH.Hf.H2Si/c2*1-15(2,3)14-10-9-13(11-14)12-7-5-4-6-8-12;;;;;;/h2*4-8,11H,10H2,1-3H3;2*1H3;2*1H;;1H2. The third kappa shape index (κ3) is 6.21. The van der Waals surface area contributed by atoms with Crippen LogP contribution in [-0.4, -0.2) is 23.1 Å². The molecule has 0 nitrogen and oxygen atoms in total. The van der Waals surface area contributed by atoms with Gasteiger partial charge in [-0.05, 0) is 0 Å². The zero-order valence-corrected chi connectivity index (χ0v) is 32.0. The van der Waals surface area contributed by atoms with E-state index in [4.69, 9.17) is 0 Å².